The molecular weight excluding hydrogens is 515 g/mol. The van der Waals surface area contributed by atoms with Crippen LogP contribution in [-0.4, -0.2) is 32.3 Å². The average Bonchev–Trinajstić information content (AvgIpc) is 3.25. The van der Waals surface area contributed by atoms with E-state index in [2.05, 4.69) is 6.08 Å². The molecule has 0 spiro atoms. The van der Waals surface area contributed by atoms with Gasteiger partial charge in [-0.3, -0.25) is 4.90 Å². The van der Waals surface area contributed by atoms with Crippen molar-refractivity contribution < 1.29 is 9.32 Å². The summed E-state index contributed by atoms with van der Waals surface area (Å²) in [6.07, 6.45) is 6.49. The molecule has 0 bridgehead atoms. The monoisotopic (exact) mass is 542 g/mol. The number of carbonyl (C=O) groups is 1. The van der Waals surface area contributed by atoms with E-state index in [-0.39, 0.29) is 11.7 Å². The first-order valence-electron chi connectivity index (χ1n) is 12.3. The maximum absolute atomic E-state index is 13.9. The highest BCUT2D eigenvalue weighted by molar-refractivity contribution is 6.31. The Morgan fingerprint density at radius 1 is 0.973 bits per heavy atom. The molecule has 37 heavy (non-hydrogen) atoms. The molecule has 1 aromatic heterocycles. The number of amides is 2. The molecule has 1 aliphatic heterocycles. The van der Waals surface area contributed by atoms with Gasteiger partial charge in [-0.15, -0.1) is 4.74 Å². The lowest BCUT2D eigenvalue weighted by Crippen LogP contribution is -2.47. The van der Waals surface area contributed by atoms with E-state index in [0.717, 1.165) is 35.0 Å². The molecule has 1 atom stereocenters. The Hall–Kier alpha value is -3.23. The van der Waals surface area contributed by atoms with E-state index in [9.17, 15) is 14.4 Å². The number of allylic oxidation sites excluding steroid dienone is 1. The number of urea groups is 1. The highest BCUT2D eigenvalue weighted by Crippen LogP contribution is 2.43. The van der Waals surface area contributed by atoms with E-state index in [0.29, 0.717) is 22.3 Å². The van der Waals surface area contributed by atoms with E-state index in [1.54, 1.807) is 47.4 Å². The number of carbonyl (C=O) groups excluding carboxylic acids is 1. The Balaban J connectivity index is 1.61. The van der Waals surface area contributed by atoms with E-state index in [1.165, 1.54) is 23.0 Å². The number of halogens is 2. The Labute approximate surface area is 224 Å². The minimum absolute atomic E-state index is 0.280. The van der Waals surface area contributed by atoms with Gasteiger partial charge in [0.1, 0.15) is 0 Å². The summed E-state index contributed by atoms with van der Waals surface area (Å²) >= 11 is 12.4. The molecule has 0 saturated carbocycles. The molecule has 1 aliphatic carbocycles. The second-order valence-electron chi connectivity index (χ2n) is 9.95. The molecule has 0 unspecified atom stereocenters. The van der Waals surface area contributed by atoms with Crippen molar-refractivity contribution in [2.45, 2.75) is 57.7 Å². The summed E-state index contributed by atoms with van der Waals surface area (Å²) in [6, 6.07) is 13.0. The lowest BCUT2D eigenvalue weighted by atomic mass is 9.95. The van der Waals surface area contributed by atoms with Crippen molar-refractivity contribution in [1.82, 2.24) is 14.2 Å². The summed E-state index contributed by atoms with van der Waals surface area (Å²) in [6.45, 7) is 4.22. The SMILES string of the molecule is CC1(C)[C@@H](n2oc(=O)n(-c3cccc(Cl)c3)c2=O)N(c2cccc(Cl)c2)C(=O)N1CCC1=CCCCC1. The van der Waals surface area contributed by atoms with Crippen LogP contribution >= 0.6 is 23.2 Å². The number of aromatic nitrogens is 2. The second-order valence-corrected chi connectivity index (χ2v) is 10.8. The largest absolute Gasteiger partial charge is 0.447 e. The van der Waals surface area contributed by atoms with Crippen molar-refractivity contribution in [3.05, 3.63) is 91.3 Å². The minimum atomic E-state index is -0.945. The standard InChI is InChI=1S/C27H28Cl2N4O4/c1-27(2)23(33-25(35)32(26(36)37-33)22-13-7-11-20(29)17-22)31(21-12-6-10-19(28)16-21)24(34)30(27)15-14-18-8-4-3-5-9-18/h6-8,10-13,16-17,23H,3-5,9,14-15H2,1-2H3/t23-/m1/s1. The van der Waals surface area contributed by atoms with Crippen molar-refractivity contribution in [3.8, 4) is 5.69 Å². The van der Waals surface area contributed by atoms with Gasteiger partial charge in [0, 0.05) is 22.3 Å². The highest BCUT2D eigenvalue weighted by Gasteiger charge is 2.55. The van der Waals surface area contributed by atoms with Crippen molar-refractivity contribution >= 4 is 34.9 Å². The molecular formula is C27H28Cl2N4O4. The van der Waals surface area contributed by atoms with Gasteiger partial charge in [-0.25, -0.2) is 14.4 Å². The summed E-state index contributed by atoms with van der Waals surface area (Å²) in [5.41, 5.74) is 0.502. The van der Waals surface area contributed by atoms with Crippen LogP contribution < -0.4 is 16.3 Å². The van der Waals surface area contributed by atoms with Gasteiger partial charge in [0.05, 0.1) is 11.2 Å². The molecule has 0 radical (unpaired) electrons. The number of anilines is 1. The predicted molar refractivity (Wildman–Crippen MR) is 144 cm³/mol. The van der Waals surface area contributed by atoms with Gasteiger partial charge in [-0.1, -0.05) is 47.0 Å². The number of hydrogen-bond donors (Lipinski definition) is 0. The molecule has 0 N–H and O–H groups in total. The van der Waals surface area contributed by atoms with E-state index in [4.69, 9.17) is 27.7 Å². The molecule has 2 aromatic carbocycles. The van der Waals surface area contributed by atoms with Crippen molar-refractivity contribution in [3.63, 3.8) is 0 Å². The maximum atomic E-state index is 13.9. The lowest BCUT2D eigenvalue weighted by molar-refractivity contribution is 0.0974. The zero-order valence-electron chi connectivity index (χ0n) is 20.7. The third kappa shape index (κ3) is 4.64. The van der Waals surface area contributed by atoms with Crippen LogP contribution in [0.2, 0.25) is 10.0 Å². The van der Waals surface area contributed by atoms with Gasteiger partial charge in [0.25, 0.3) is 0 Å². The highest BCUT2D eigenvalue weighted by atomic mass is 35.5. The molecule has 3 aromatic rings. The lowest BCUT2D eigenvalue weighted by Gasteiger charge is -2.34. The van der Waals surface area contributed by atoms with Gasteiger partial charge in [-0.2, -0.15) is 4.57 Å². The zero-order chi connectivity index (χ0) is 26.3. The van der Waals surface area contributed by atoms with Gasteiger partial charge < -0.3 is 9.42 Å². The Morgan fingerprint density at radius 2 is 1.65 bits per heavy atom. The van der Waals surface area contributed by atoms with Crippen LogP contribution in [0.15, 0.2) is 74.3 Å². The molecule has 1 saturated heterocycles. The van der Waals surface area contributed by atoms with Crippen LogP contribution in [0.4, 0.5) is 10.5 Å². The van der Waals surface area contributed by atoms with Crippen molar-refractivity contribution in [2.75, 3.05) is 11.4 Å². The van der Waals surface area contributed by atoms with E-state index >= 15 is 0 Å². The molecule has 10 heteroatoms. The fourth-order valence-electron chi connectivity index (χ4n) is 5.30. The maximum Gasteiger partial charge on any atom is 0.447 e. The quantitative estimate of drug-likeness (QED) is 0.357. The Bertz CT molecular complexity index is 1490. The Kier molecular flexibility index (Phi) is 6.81. The first kappa shape index (κ1) is 25.4. The number of benzene rings is 2. The fraction of sp³-hybridized carbons (Fsp3) is 0.370. The van der Waals surface area contributed by atoms with Crippen LogP contribution in [0.1, 0.15) is 52.1 Å². The van der Waals surface area contributed by atoms with Crippen molar-refractivity contribution in [1.29, 1.82) is 0 Å². The normalized spacial score (nSPS) is 19.4. The average molecular weight is 543 g/mol. The van der Waals surface area contributed by atoms with Crippen LogP contribution in [0.5, 0.6) is 0 Å². The van der Waals surface area contributed by atoms with Gasteiger partial charge in [0.2, 0.25) is 0 Å². The summed E-state index contributed by atoms with van der Waals surface area (Å²) in [5.74, 6) is -0.868. The molecule has 1 fully saturated rings. The third-order valence-corrected chi connectivity index (χ3v) is 7.63. The second kappa shape index (κ2) is 9.91. The molecule has 2 amide bonds. The van der Waals surface area contributed by atoms with Crippen LogP contribution in [0.3, 0.4) is 0 Å². The number of nitrogens with zero attached hydrogens (tertiary/aromatic N) is 4. The van der Waals surface area contributed by atoms with E-state index < -0.39 is 23.2 Å². The van der Waals surface area contributed by atoms with Gasteiger partial charge in [0.15, 0.2) is 6.17 Å². The molecule has 2 heterocycles. The number of rotatable bonds is 6. The van der Waals surface area contributed by atoms with Crippen molar-refractivity contribution in [2.24, 2.45) is 0 Å². The summed E-state index contributed by atoms with van der Waals surface area (Å²) in [5, 5.41) is 0.814. The zero-order valence-corrected chi connectivity index (χ0v) is 22.2. The topological polar surface area (TPSA) is 80.7 Å². The van der Waals surface area contributed by atoms with Gasteiger partial charge >= 0.3 is 17.5 Å². The number of hydrogen-bond acceptors (Lipinski definition) is 4. The van der Waals surface area contributed by atoms with Gasteiger partial charge in [-0.05, 0) is 82.3 Å². The summed E-state index contributed by atoms with van der Waals surface area (Å²) in [4.78, 5) is 43.7. The molecule has 8 nitrogen and oxygen atoms in total. The van der Waals surface area contributed by atoms with E-state index in [1.807, 2.05) is 13.8 Å². The first-order valence-corrected chi connectivity index (χ1v) is 13.1. The third-order valence-electron chi connectivity index (χ3n) is 7.16. The smallest absolute Gasteiger partial charge is 0.315 e. The van der Waals surface area contributed by atoms with Crippen LogP contribution in [-0.2, 0) is 0 Å². The first-order chi connectivity index (χ1) is 17.7. The summed E-state index contributed by atoms with van der Waals surface area (Å²) < 4.78 is 7.44. The predicted octanol–water partition coefficient (Wildman–Crippen LogP) is 6.01. The minimum Gasteiger partial charge on any atom is -0.315 e. The summed E-state index contributed by atoms with van der Waals surface area (Å²) in [7, 11) is 0. The van der Waals surface area contributed by atoms with Crippen LogP contribution in [0.25, 0.3) is 5.69 Å². The molecule has 194 valence electrons. The Morgan fingerprint density at radius 3 is 2.30 bits per heavy atom. The molecule has 2 aliphatic rings. The molecule has 5 rings (SSSR count). The van der Waals surface area contributed by atoms with Crippen LogP contribution in [0, 0.1) is 0 Å². The fourth-order valence-corrected chi connectivity index (χ4v) is 5.67.